The van der Waals surface area contributed by atoms with E-state index in [2.05, 4.69) is 42.4 Å². The summed E-state index contributed by atoms with van der Waals surface area (Å²) in [6.07, 6.45) is 3.51. The number of aliphatic hydroxyl groups is 1. The fourth-order valence-corrected chi connectivity index (χ4v) is 3.39. The first-order valence-corrected chi connectivity index (χ1v) is 8.66. The van der Waals surface area contributed by atoms with Gasteiger partial charge in [0.1, 0.15) is 11.4 Å². The molecule has 0 saturated carbocycles. The van der Waals surface area contributed by atoms with E-state index in [1.807, 2.05) is 13.8 Å². The number of carbonyl (C=O) groups is 1. The third kappa shape index (κ3) is 5.07. The Kier molecular flexibility index (Phi) is 7.52. The number of hydrazone groups is 1. The number of hydrogen-bond acceptors (Lipinski definition) is 4. The van der Waals surface area contributed by atoms with Gasteiger partial charge in [-0.25, -0.2) is 5.43 Å². The van der Waals surface area contributed by atoms with Crippen LogP contribution in [-0.2, 0) is 4.79 Å². The van der Waals surface area contributed by atoms with Crippen molar-refractivity contribution in [2.24, 2.45) is 5.10 Å². The molecule has 0 aromatic heterocycles. The van der Waals surface area contributed by atoms with Gasteiger partial charge in [0.25, 0.3) is 5.91 Å². The molecule has 3 N–H and O–H groups in total. The molecular formula is C15H20Br2N2O3. The van der Waals surface area contributed by atoms with Crippen molar-refractivity contribution in [1.82, 2.24) is 5.43 Å². The van der Waals surface area contributed by atoms with Crippen molar-refractivity contribution >= 4 is 44.0 Å². The van der Waals surface area contributed by atoms with Gasteiger partial charge in [-0.1, -0.05) is 42.6 Å². The van der Waals surface area contributed by atoms with Crippen molar-refractivity contribution in [3.05, 3.63) is 26.6 Å². The van der Waals surface area contributed by atoms with Gasteiger partial charge >= 0.3 is 0 Å². The molecule has 122 valence electrons. The van der Waals surface area contributed by atoms with Crippen molar-refractivity contribution in [2.45, 2.75) is 45.1 Å². The third-order valence-corrected chi connectivity index (χ3v) is 4.24. The monoisotopic (exact) mass is 434 g/mol. The summed E-state index contributed by atoms with van der Waals surface area (Å²) in [6.45, 7) is 3.82. The molecule has 0 heterocycles. The molecule has 0 fully saturated rings. The zero-order valence-corrected chi connectivity index (χ0v) is 15.7. The number of rotatable bonds is 7. The number of nitrogens with one attached hydrogen (secondary N) is 1. The summed E-state index contributed by atoms with van der Waals surface area (Å²) >= 11 is 6.53. The molecule has 1 rings (SSSR count). The lowest BCUT2D eigenvalue weighted by Crippen LogP contribution is -2.45. The lowest BCUT2D eigenvalue weighted by Gasteiger charge is -2.24. The van der Waals surface area contributed by atoms with Crippen molar-refractivity contribution in [2.75, 3.05) is 0 Å². The Morgan fingerprint density at radius 3 is 2.45 bits per heavy atom. The molecule has 22 heavy (non-hydrogen) atoms. The number of aromatic hydroxyl groups is 1. The van der Waals surface area contributed by atoms with Gasteiger partial charge in [-0.3, -0.25) is 4.79 Å². The summed E-state index contributed by atoms with van der Waals surface area (Å²) in [5.74, 6) is -0.500. The Hall–Kier alpha value is -0.920. The normalized spacial score (nSPS) is 11.9. The largest absolute Gasteiger partial charge is 0.506 e. The molecule has 0 saturated heterocycles. The van der Waals surface area contributed by atoms with Gasteiger partial charge in [-0.05, 0) is 40.9 Å². The SMILES string of the molecule is CCCC(O)(CCC)C(=O)N/N=C/c1cc(Br)cc(Br)c1O. The third-order valence-electron chi connectivity index (χ3n) is 3.18. The molecule has 5 nitrogen and oxygen atoms in total. The summed E-state index contributed by atoms with van der Waals surface area (Å²) in [6, 6.07) is 3.37. The zero-order chi connectivity index (χ0) is 16.8. The Morgan fingerprint density at radius 1 is 1.32 bits per heavy atom. The van der Waals surface area contributed by atoms with E-state index in [9.17, 15) is 15.0 Å². The molecule has 0 spiro atoms. The first kappa shape index (κ1) is 19.1. The molecule has 0 aliphatic rings. The molecule has 0 bridgehead atoms. The van der Waals surface area contributed by atoms with Gasteiger partial charge in [0, 0.05) is 10.0 Å². The van der Waals surface area contributed by atoms with Gasteiger partial charge in [-0.15, -0.1) is 0 Å². The van der Waals surface area contributed by atoms with E-state index in [0.717, 1.165) is 4.47 Å². The average Bonchev–Trinajstić information content (AvgIpc) is 2.44. The van der Waals surface area contributed by atoms with Crippen LogP contribution in [0.15, 0.2) is 26.2 Å². The highest BCUT2D eigenvalue weighted by molar-refractivity contribution is 9.11. The topological polar surface area (TPSA) is 81.9 Å². The number of carbonyl (C=O) groups excluding carboxylic acids is 1. The van der Waals surface area contributed by atoms with Crippen molar-refractivity contribution < 1.29 is 15.0 Å². The first-order valence-electron chi connectivity index (χ1n) is 7.08. The summed E-state index contributed by atoms with van der Waals surface area (Å²) in [5, 5.41) is 24.1. The lowest BCUT2D eigenvalue weighted by molar-refractivity contribution is -0.141. The average molecular weight is 436 g/mol. The number of amides is 1. The van der Waals surface area contributed by atoms with Crippen molar-refractivity contribution in [3.8, 4) is 5.75 Å². The van der Waals surface area contributed by atoms with Gasteiger partial charge in [0.15, 0.2) is 0 Å². The van der Waals surface area contributed by atoms with Gasteiger partial charge in [0.2, 0.25) is 0 Å². The van der Waals surface area contributed by atoms with Crippen LogP contribution in [-0.4, -0.2) is 27.9 Å². The maximum Gasteiger partial charge on any atom is 0.271 e. The summed E-state index contributed by atoms with van der Waals surface area (Å²) in [7, 11) is 0. The summed E-state index contributed by atoms with van der Waals surface area (Å²) < 4.78 is 1.28. The maximum absolute atomic E-state index is 12.1. The first-order chi connectivity index (χ1) is 10.3. The summed E-state index contributed by atoms with van der Waals surface area (Å²) in [5.41, 5.74) is 1.39. The quantitative estimate of drug-likeness (QED) is 0.451. The van der Waals surface area contributed by atoms with E-state index in [4.69, 9.17) is 0 Å². The number of benzene rings is 1. The number of nitrogens with zero attached hydrogens (tertiary/aromatic N) is 1. The lowest BCUT2D eigenvalue weighted by atomic mass is 9.92. The molecule has 0 aliphatic carbocycles. The second-order valence-electron chi connectivity index (χ2n) is 5.06. The fraction of sp³-hybridized carbons (Fsp3) is 0.467. The van der Waals surface area contributed by atoms with Gasteiger partial charge in [-0.2, -0.15) is 5.10 Å². The Labute approximate surface area is 147 Å². The minimum absolute atomic E-state index is 0.0265. The van der Waals surface area contributed by atoms with Crippen LogP contribution in [0.25, 0.3) is 0 Å². The molecule has 1 aromatic carbocycles. The van der Waals surface area contributed by atoms with Gasteiger partial charge < -0.3 is 10.2 Å². The summed E-state index contributed by atoms with van der Waals surface area (Å²) in [4.78, 5) is 12.1. The molecule has 1 aromatic rings. The van der Waals surface area contributed by atoms with Crippen molar-refractivity contribution in [3.63, 3.8) is 0 Å². The highest BCUT2D eigenvalue weighted by Gasteiger charge is 2.33. The molecule has 0 aliphatic heterocycles. The van der Waals surface area contributed by atoms with Crippen LogP contribution in [0.2, 0.25) is 0 Å². The Bertz CT molecular complexity index is 556. The smallest absolute Gasteiger partial charge is 0.271 e. The van der Waals surface area contributed by atoms with E-state index in [1.54, 1.807) is 12.1 Å². The molecule has 7 heteroatoms. The van der Waals surface area contributed by atoms with E-state index < -0.39 is 11.5 Å². The number of hydrogen-bond donors (Lipinski definition) is 3. The predicted molar refractivity (Wildman–Crippen MR) is 94.0 cm³/mol. The maximum atomic E-state index is 12.1. The Balaban J connectivity index is 2.82. The van der Waals surface area contributed by atoms with Crippen LogP contribution in [0.4, 0.5) is 0 Å². The van der Waals surface area contributed by atoms with Crippen LogP contribution >= 0.6 is 31.9 Å². The second kappa shape index (κ2) is 8.64. The fourth-order valence-electron chi connectivity index (χ4n) is 2.13. The van der Waals surface area contributed by atoms with Crippen molar-refractivity contribution in [1.29, 1.82) is 0 Å². The Morgan fingerprint density at radius 2 is 1.91 bits per heavy atom. The minimum atomic E-state index is -1.40. The molecule has 0 atom stereocenters. The standard InChI is InChI=1S/C15H20Br2N2O3/c1-3-5-15(22,6-4-2)14(21)19-18-9-10-7-11(16)8-12(17)13(10)20/h7-9,20,22H,3-6H2,1-2H3,(H,19,21)/b18-9+. The highest BCUT2D eigenvalue weighted by atomic mass is 79.9. The number of phenols is 1. The zero-order valence-electron chi connectivity index (χ0n) is 12.6. The van der Waals surface area contributed by atoms with E-state index in [0.29, 0.717) is 35.7 Å². The highest BCUT2D eigenvalue weighted by Crippen LogP contribution is 2.30. The van der Waals surface area contributed by atoms with Crippen LogP contribution in [0.3, 0.4) is 0 Å². The molecular weight excluding hydrogens is 416 g/mol. The van der Waals surface area contributed by atoms with Gasteiger partial charge in [0.05, 0.1) is 10.7 Å². The van der Waals surface area contributed by atoms with E-state index >= 15 is 0 Å². The van der Waals surface area contributed by atoms with Crippen LogP contribution in [0.1, 0.15) is 45.1 Å². The second-order valence-corrected chi connectivity index (χ2v) is 6.83. The van der Waals surface area contributed by atoms with E-state index in [-0.39, 0.29) is 5.75 Å². The van der Waals surface area contributed by atoms with Crippen LogP contribution in [0.5, 0.6) is 5.75 Å². The molecule has 0 radical (unpaired) electrons. The minimum Gasteiger partial charge on any atom is -0.506 e. The van der Waals surface area contributed by atoms with E-state index in [1.165, 1.54) is 6.21 Å². The number of halogens is 2. The molecule has 1 amide bonds. The van der Waals surface area contributed by atoms with Crippen LogP contribution < -0.4 is 5.43 Å². The number of phenolic OH excluding ortho intramolecular Hbond substituents is 1. The predicted octanol–water partition coefficient (Wildman–Crippen LogP) is 3.70. The van der Waals surface area contributed by atoms with Crippen LogP contribution in [0, 0.1) is 0 Å². The molecule has 0 unspecified atom stereocenters.